The molecule has 0 N–H and O–H groups in total. The fourth-order valence-electron chi connectivity index (χ4n) is 5.29. The number of fused-ring (bicyclic) bond motifs is 1. The number of hydrogen-bond donors (Lipinski definition) is 0. The number of alkyl halides is 3. The smallest absolute Gasteiger partial charge is 0.303 e. The topological polar surface area (TPSA) is 68.8 Å². The number of carbonyl (C=O) groups is 1. The first-order valence-electron chi connectivity index (χ1n) is 11.8. The first kappa shape index (κ1) is 23.4. The lowest BCUT2D eigenvalue weighted by molar-refractivity contribution is -0.136. The normalized spacial score (nSPS) is 21.3. The zero-order valence-electron chi connectivity index (χ0n) is 19.8. The molecule has 1 amide bonds. The van der Waals surface area contributed by atoms with E-state index in [9.17, 15) is 22.4 Å². The maximum Gasteiger partial charge on any atom is 0.406 e. The van der Waals surface area contributed by atoms with Crippen LogP contribution in [-0.2, 0) is 11.2 Å². The van der Waals surface area contributed by atoms with Gasteiger partial charge >= 0.3 is 6.18 Å². The number of aromatic nitrogens is 5. The molecule has 0 saturated heterocycles. The van der Waals surface area contributed by atoms with Crippen LogP contribution in [0.5, 0.6) is 0 Å². The van der Waals surface area contributed by atoms with Crippen molar-refractivity contribution < 1.29 is 22.4 Å². The Labute approximate surface area is 209 Å². The lowest BCUT2D eigenvalue weighted by Gasteiger charge is -2.27. The number of imidazole rings is 1. The standard InChI is InChI=1S/C26H22F4N6O/c1-16-12-34(15-31-16)22-7-6-18(10-19(22)27)20-13-36(33-32-20)23-11-25(23)9-8-17-4-2-3-5-21(17)35(24(25)37)14-26(28,29)30/h2-7,10,12-13,15,23H,8-9,11,14H2,1H3. The third-order valence-corrected chi connectivity index (χ3v) is 7.23. The molecule has 4 aromatic rings. The third kappa shape index (κ3) is 4.08. The maximum absolute atomic E-state index is 14.9. The molecular weight excluding hydrogens is 488 g/mol. The van der Waals surface area contributed by atoms with Gasteiger partial charge in [-0.05, 0) is 49.9 Å². The lowest BCUT2D eigenvalue weighted by atomic mass is 9.96. The molecule has 1 fully saturated rings. The van der Waals surface area contributed by atoms with Crippen LogP contribution in [0.25, 0.3) is 16.9 Å². The maximum atomic E-state index is 14.9. The van der Waals surface area contributed by atoms with Crippen LogP contribution in [0.1, 0.15) is 30.1 Å². The molecule has 11 heteroatoms. The fraction of sp³-hybridized carbons (Fsp3) is 0.308. The minimum atomic E-state index is -4.54. The number of amides is 1. The Kier molecular flexibility index (Phi) is 5.22. The summed E-state index contributed by atoms with van der Waals surface area (Å²) in [6.07, 6.45) is 1.58. The summed E-state index contributed by atoms with van der Waals surface area (Å²) in [6, 6.07) is 11.0. The quantitative estimate of drug-likeness (QED) is 0.361. The highest BCUT2D eigenvalue weighted by Crippen LogP contribution is 2.61. The Bertz CT molecular complexity index is 1510. The van der Waals surface area contributed by atoms with Gasteiger partial charge < -0.3 is 9.47 Å². The summed E-state index contributed by atoms with van der Waals surface area (Å²) in [5, 5.41) is 8.33. The van der Waals surface area contributed by atoms with Crippen molar-refractivity contribution in [1.29, 1.82) is 0 Å². The lowest BCUT2D eigenvalue weighted by Crippen LogP contribution is -2.43. The zero-order valence-corrected chi connectivity index (χ0v) is 19.8. The average molecular weight is 510 g/mol. The van der Waals surface area contributed by atoms with Crippen LogP contribution in [0.4, 0.5) is 23.2 Å². The average Bonchev–Trinajstić information content (AvgIpc) is 3.18. The van der Waals surface area contributed by atoms with Crippen LogP contribution in [-0.4, -0.2) is 43.2 Å². The third-order valence-electron chi connectivity index (χ3n) is 7.23. The number of rotatable bonds is 4. The van der Waals surface area contributed by atoms with Gasteiger partial charge in [0.25, 0.3) is 0 Å². The number of carbonyl (C=O) groups excluding carboxylic acids is 1. The predicted octanol–water partition coefficient (Wildman–Crippen LogP) is 5.05. The van der Waals surface area contributed by atoms with Crippen LogP contribution in [0, 0.1) is 18.2 Å². The Hall–Kier alpha value is -4.02. The van der Waals surface area contributed by atoms with Crippen molar-refractivity contribution in [2.24, 2.45) is 5.41 Å². The van der Waals surface area contributed by atoms with Gasteiger partial charge in [-0.3, -0.25) is 4.79 Å². The highest BCUT2D eigenvalue weighted by atomic mass is 19.4. The van der Waals surface area contributed by atoms with Gasteiger partial charge in [0.1, 0.15) is 18.1 Å². The van der Waals surface area contributed by atoms with Gasteiger partial charge in [-0.25, -0.2) is 14.1 Å². The molecule has 7 nitrogen and oxygen atoms in total. The van der Waals surface area contributed by atoms with E-state index in [0.717, 1.165) is 10.6 Å². The molecule has 1 saturated carbocycles. The van der Waals surface area contributed by atoms with Gasteiger partial charge in [-0.2, -0.15) is 13.2 Å². The molecule has 2 aromatic heterocycles. The molecule has 1 aliphatic carbocycles. The molecule has 1 spiro atoms. The van der Waals surface area contributed by atoms with Crippen LogP contribution in [0.2, 0.25) is 0 Å². The first-order chi connectivity index (χ1) is 17.6. The zero-order chi connectivity index (χ0) is 25.9. The molecule has 6 rings (SSSR count). The van der Waals surface area contributed by atoms with Gasteiger partial charge in [-0.15, -0.1) is 5.10 Å². The number of hydrogen-bond acceptors (Lipinski definition) is 4. The van der Waals surface area contributed by atoms with Crippen molar-refractivity contribution in [3.05, 3.63) is 78.3 Å². The van der Waals surface area contributed by atoms with Gasteiger partial charge in [0.2, 0.25) is 5.91 Å². The number of aryl methyl sites for hydroxylation is 2. The van der Waals surface area contributed by atoms with Gasteiger partial charge in [-0.1, -0.05) is 29.5 Å². The number of anilines is 1. The Morgan fingerprint density at radius 3 is 2.65 bits per heavy atom. The summed E-state index contributed by atoms with van der Waals surface area (Å²) in [5.41, 5.74) is 2.02. The number of halogens is 4. The van der Waals surface area contributed by atoms with E-state index in [4.69, 9.17) is 0 Å². The van der Waals surface area contributed by atoms with E-state index >= 15 is 0 Å². The summed E-state index contributed by atoms with van der Waals surface area (Å²) in [6.45, 7) is 0.466. The molecule has 2 unspecified atom stereocenters. The molecule has 37 heavy (non-hydrogen) atoms. The van der Waals surface area contributed by atoms with Gasteiger partial charge in [0.05, 0.1) is 35.4 Å². The van der Waals surface area contributed by atoms with Crippen molar-refractivity contribution >= 4 is 11.6 Å². The second-order valence-corrected chi connectivity index (χ2v) is 9.68. The van der Waals surface area contributed by atoms with E-state index in [1.807, 2.05) is 6.92 Å². The molecule has 0 radical (unpaired) electrons. The molecule has 2 aromatic carbocycles. The van der Waals surface area contributed by atoms with Crippen LogP contribution in [0.3, 0.4) is 0 Å². The van der Waals surface area contributed by atoms with Crippen molar-refractivity contribution in [2.45, 2.75) is 38.4 Å². The summed E-state index contributed by atoms with van der Waals surface area (Å²) in [4.78, 5) is 18.5. The van der Waals surface area contributed by atoms with Crippen molar-refractivity contribution in [1.82, 2.24) is 24.5 Å². The first-order valence-corrected chi connectivity index (χ1v) is 11.8. The number of benzene rings is 2. The SMILES string of the molecule is Cc1cn(-c2ccc(-c3cn(C4CC45CCc4ccccc4N(CC(F)(F)F)C5=O)nn3)cc2F)cn1. The van der Waals surface area contributed by atoms with Crippen molar-refractivity contribution in [3.8, 4) is 16.9 Å². The predicted molar refractivity (Wildman–Crippen MR) is 127 cm³/mol. The van der Waals surface area contributed by atoms with E-state index in [1.165, 1.54) is 17.1 Å². The molecule has 1 aliphatic heterocycles. The van der Waals surface area contributed by atoms with Crippen molar-refractivity contribution in [3.63, 3.8) is 0 Å². The molecule has 190 valence electrons. The molecule has 3 heterocycles. The van der Waals surface area contributed by atoms with Crippen LogP contribution >= 0.6 is 0 Å². The van der Waals surface area contributed by atoms with E-state index in [1.54, 1.807) is 53.4 Å². The van der Waals surface area contributed by atoms with Crippen LogP contribution in [0.15, 0.2) is 61.2 Å². The summed E-state index contributed by atoms with van der Waals surface area (Å²) >= 11 is 0. The van der Waals surface area contributed by atoms with Crippen LogP contribution < -0.4 is 4.90 Å². The molecule has 2 aliphatic rings. The summed E-state index contributed by atoms with van der Waals surface area (Å²) < 4.78 is 58.3. The minimum absolute atomic E-state index is 0.301. The fourth-order valence-corrected chi connectivity index (χ4v) is 5.29. The van der Waals surface area contributed by atoms with E-state index < -0.39 is 35.9 Å². The van der Waals surface area contributed by atoms with E-state index in [2.05, 4.69) is 15.3 Å². The molecule has 0 bridgehead atoms. The van der Waals surface area contributed by atoms with Gasteiger partial charge in [0, 0.05) is 17.4 Å². The Morgan fingerprint density at radius 2 is 1.92 bits per heavy atom. The molecular formula is C26H22F4N6O. The Balaban J connectivity index is 1.28. The monoisotopic (exact) mass is 510 g/mol. The summed E-state index contributed by atoms with van der Waals surface area (Å²) in [5.74, 6) is -1.02. The summed E-state index contributed by atoms with van der Waals surface area (Å²) in [7, 11) is 0. The van der Waals surface area contributed by atoms with E-state index in [-0.39, 0.29) is 0 Å². The minimum Gasteiger partial charge on any atom is -0.303 e. The molecule has 2 atom stereocenters. The second-order valence-electron chi connectivity index (χ2n) is 9.68. The van der Waals surface area contributed by atoms with E-state index in [0.29, 0.717) is 47.5 Å². The highest BCUT2D eigenvalue weighted by molar-refractivity contribution is 6.01. The largest absolute Gasteiger partial charge is 0.406 e. The number of nitrogens with zero attached hydrogens (tertiary/aromatic N) is 6. The van der Waals surface area contributed by atoms with Crippen molar-refractivity contribution in [2.75, 3.05) is 11.4 Å². The second kappa shape index (κ2) is 8.25. The Morgan fingerprint density at radius 1 is 1.11 bits per heavy atom. The highest BCUT2D eigenvalue weighted by Gasteiger charge is 2.64. The van der Waals surface area contributed by atoms with Gasteiger partial charge in [0.15, 0.2) is 0 Å². The number of para-hydroxylation sites is 1.